The molecule has 1 amide bonds. The standard InChI is InChI=1S/C20H26N2O4S2/c1-4-20(2,3)21-19(23)16-7-5-6-15(14-16)17-8-9-18(27-17)28(24,25)22-10-12-26-13-11-22/h5-9,14H,4,10-13H2,1-3H3,(H,21,23). The van der Waals surface area contributed by atoms with Crippen LogP contribution in [-0.2, 0) is 14.8 Å². The zero-order valence-electron chi connectivity index (χ0n) is 16.4. The predicted molar refractivity (Wildman–Crippen MR) is 111 cm³/mol. The van der Waals surface area contributed by atoms with Gasteiger partial charge in [-0.1, -0.05) is 19.1 Å². The highest BCUT2D eigenvalue weighted by Gasteiger charge is 2.28. The predicted octanol–water partition coefficient (Wildman–Crippen LogP) is 3.35. The summed E-state index contributed by atoms with van der Waals surface area (Å²) in [5, 5.41) is 3.02. The maximum absolute atomic E-state index is 12.8. The first-order chi connectivity index (χ1) is 13.2. The Labute approximate surface area is 170 Å². The highest BCUT2D eigenvalue weighted by atomic mass is 32.2. The summed E-state index contributed by atoms with van der Waals surface area (Å²) in [7, 11) is -3.51. The Bertz CT molecular complexity index is 945. The van der Waals surface area contributed by atoms with Gasteiger partial charge in [0, 0.05) is 29.1 Å². The molecule has 1 aromatic heterocycles. The molecule has 0 saturated carbocycles. The van der Waals surface area contributed by atoms with Crippen LogP contribution in [0.1, 0.15) is 37.6 Å². The summed E-state index contributed by atoms with van der Waals surface area (Å²) >= 11 is 1.22. The average Bonchev–Trinajstić information content (AvgIpc) is 3.20. The minimum absolute atomic E-state index is 0.133. The molecule has 1 aliphatic rings. The highest BCUT2D eigenvalue weighted by molar-refractivity contribution is 7.91. The lowest BCUT2D eigenvalue weighted by Crippen LogP contribution is -2.42. The van der Waals surface area contributed by atoms with Crippen molar-refractivity contribution >= 4 is 27.3 Å². The molecule has 0 unspecified atom stereocenters. The molecule has 28 heavy (non-hydrogen) atoms. The molecule has 0 radical (unpaired) electrons. The lowest BCUT2D eigenvalue weighted by molar-refractivity contribution is 0.0731. The van der Waals surface area contributed by atoms with Gasteiger partial charge in [0.25, 0.3) is 15.9 Å². The van der Waals surface area contributed by atoms with Crippen LogP contribution >= 0.6 is 11.3 Å². The van der Waals surface area contributed by atoms with Gasteiger partial charge in [0.1, 0.15) is 4.21 Å². The van der Waals surface area contributed by atoms with Gasteiger partial charge in [0.2, 0.25) is 0 Å². The number of benzene rings is 1. The Kier molecular flexibility index (Phi) is 6.24. The van der Waals surface area contributed by atoms with E-state index in [4.69, 9.17) is 4.74 Å². The molecule has 0 bridgehead atoms. The second kappa shape index (κ2) is 8.32. The summed E-state index contributed by atoms with van der Waals surface area (Å²) in [4.78, 5) is 13.4. The van der Waals surface area contributed by atoms with E-state index in [2.05, 4.69) is 5.32 Å². The van der Waals surface area contributed by atoms with Gasteiger partial charge in [-0.05, 0) is 50.1 Å². The van der Waals surface area contributed by atoms with Crippen LogP contribution in [-0.4, -0.2) is 50.5 Å². The van der Waals surface area contributed by atoms with Crippen molar-refractivity contribution in [2.45, 2.75) is 36.9 Å². The molecule has 0 aliphatic carbocycles. The third-order valence-corrected chi connectivity index (χ3v) is 8.39. The Hall–Kier alpha value is -1.74. The van der Waals surface area contributed by atoms with E-state index in [9.17, 15) is 13.2 Å². The van der Waals surface area contributed by atoms with Crippen molar-refractivity contribution in [3.05, 3.63) is 42.0 Å². The van der Waals surface area contributed by atoms with Crippen LogP contribution < -0.4 is 5.32 Å². The largest absolute Gasteiger partial charge is 0.379 e. The van der Waals surface area contributed by atoms with Gasteiger partial charge in [-0.25, -0.2) is 8.42 Å². The van der Waals surface area contributed by atoms with Crippen LogP contribution in [0.2, 0.25) is 0 Å². The summed E-state index contributed by atoms with van der Waals surface area (Å²) in [5.74, 6) is -0.133. The SMILES string of the molecule is CCC(C)(C)NC(=O)c1cccc(-c2ccc(S(=O)(=O)N3CCOCC3)s2)c1. The van der Waals surface area contributed by atoms with E-state index in [1.54, 1.807) is 24.3 Å². The van der Waals surface area contributed by atoms with Gasteiger partial charge in [0.15, 0.2) is 0 Å². The van der Waals surface area contributed by atoms with E-state index in [1.807, 2.05) is 32.9 Å². The van der Waals surface area contributed by atoms with Gasteiger partial charge in [0.05, 0.1) is 13.2 Å². The fourth-order valence-electron chi connectivity index (χ4n) is 2.81. The maximum Gasteiger partial charge on any atom is 0.252 e. The zero-order valence-corrected chi connectivity index (χ0v) is 18.0. The van der Waals surface area contributed by atoms with Gasteiger partial charge >= 0.3 is 0 Å². The first kappa shape index (κ1) is 21.0. The lowest BCUT2D eigenvalue weighted by Gasteiger charge is -2.25. The number of morpholine rings is 1. The van der Waals surface area contributed by atoms with Crippen molar-refractivity contribution in [2.75, 3.05) is 26.3 Å². The molecule has 3 rings (SSSR count). The zero-order chi connectivity index (χ0) is 20.4. The molecule has 1 aromatic carbocycles. The highest BCUT2D eigenvalue weighted by Crippen LogP contribution is 2.33. The number of nitrogens with zero attached hydrogens (tertiary/aromatic N) is 1. The molecule has 1 fully saturated rings. The molecule has 8 heteroatoms. The van der Waals surface area contributed by atoms with Crippen LogP contribution in [0.25, 0.3) is 10.4 Å². The molecule has 1 aliphatic heterocycles. The van der Waals surface area contributed by atoms with Crippen LogP contribution in [0.3, 0.4) is 0 Å². The molecule has 2 heterocycles. The number of ether oxygens (including phenoxy) is 1. The van der Waals surface area contributed by atoms with Gasteiger partial charge in [-0.2, -0.15) is 4.31 Å². The fourth-order valence-corrected chi connectivity index (χ4v) is 5.67. The maximum atomic E-state index is 12.8. The fraction of sp³-hybridized carbons (Fsp3) is 0.450. The number of carbonyl (C=O) groups is 1. The van der Waals surface area contributed by atoms with Crippen molar-refractivity contribution in [1.29, 1.82) is 0 Å². The molecular weight excluding hydrogens is 396 g/mol. The third kappa shape index (κ3) is 4.63. The third-order valence-electron chi connectivity index (χ3n) is 4.89. The first-order valence-corrected chi connectivity index (χ1v) is 11.6. The Morgan fingerprint density at radius 3 is 2.61 bits per heavy atom. The van der Waals surface area contributed by atoms with Crippen molar-refractivity contribution in [3.8, 4) is 10.4 Å². The second-order valence-electron chi connectivity index (χ2n) is 7.41. The summed E-state index contributed by atoms with van der Waals surface area (Å²) in [6.07, 6.45) is 0.826. The molecule has 1 saturated heterocycles. The average molecular weight is 423 g/mol. The van der Waals surface area contributed by atoms with Crippen molar-refractivity contribution in [1.82, 2.24) is 9.62 Å². The number of thiophene rings is 1. The molecule has 2 aromatic rings. The minimum Gasteiger partial charge on any atom is -0.379 e. The van der Waals surface area contributed by atoms with Crippen molar-refractivity contribution in [3.63, 3.8) is 0 Å². The monoisotopic (exact) mass is 422 g/mol. The Morgan fingerprint density at radius 1 is 1.21 bits per heavy atom. The van der Waals surface area contributed by atoms with E-state index in [-0.39, 0.29) is 11.4 Å². The topological polar surface area (TPSA) is 75.7 Å². The van der Waals surface area contributed by atoms with E-state index in [1.165, 1.54) is 15.6 Å². The number of hydrogen-bond acceptors (Lipinski definition) is 5. The quantitative estimate of drug-likeness (QED) is 0.775. The molecule has 6 nitrogen and oxygen atoms in total. The molecule has 0 spiro atoms. The van der Waals surface area contributed by atoms with E-state index < -0.39 is 10.0 Å². The van der Waals surface area contributed by atoms with Crippen LogP contribution in [0.15, 0.2) is 40.6 Å². The lowest BCUT2D eigenvalue weighted by atomic mass is 10.0. The van der Waals surface area contributed by atoms with E-state index in [0.29, 0.717) is 36.1 Å². The van der Waals surface area contributed by atoms with Crippen LogP contribution in [0.5, 0.6) is 0 Å². The number of nitrogens with one attached hydrogen (secondary N) is 1. The molecular formula is C20H26N2O4S2. The number of carbonyl (C=O) groups excluding carboxylic acids is 1. The van der Waals surface area contributed by atoms with Crippen molar-refractivity contribution in [2.24, 2.45) is 0 Å². The minimum atomic E-state index is -3.51. The Balaban J connectivity index is 1.83. The Morgan fingerprint density at radius 2 is 1.93 bits per heavy atom. The summed E-state index contributed by atoms with van der Waals surface area (Å²) in [6, 6.07) is 10.7. The summed E-state index contributed by atoms with van der Waals surface area (Å²) < 4.78 is 32.6. The number of sulfonamides is 1. The number of hydrogen-bond donors (Lipinski definition) is 1. The molecule has 0 atom stereocenters. The summed E-state index contributed by atoms with van der Waals surface area (Å²) in [5.41, 5.74) is 1.11. The first-order valence-electron chi connectivity index (χ1n) is 9.33. The van der Waals surface area contributed by atoms with Crippen molar-refractivity contribution < 1.29 is 17.9 Å². The van der Waals surface area contributed by atoms with E-state index in [0.717, 1.165) is 16.9 Å². The summed E-state index contributed by atoms with van der Waals surface area (Å²) in [6.45, 7) is 7.58. The van der Waals surface area contributed by atoms with Gasteiger partial charge in [-0.3, -0.25) is 4.79 Å². The van der Waals surface area contributed by atoms with E-state index >= 15 is 0 Å². The van der Waals surface area contributed by atoms with Gasteiger partial charge in [-0.15, -0.1) is 11.3 Å². The normalized spacial score (nSPS) is 16.1. The number of amides is 1. The smallest absolute Gasteiger partial charge is 0.252 e. The number of rotatable bonds is 6. The molecule has 152 valence electrons. The van der Waals surface area contributed by atoms with Crippen LogP contribution in [0.4, 0.5) is 0 Å². The van der Waals surface area contributed by atoms with Crippen LogP contribution in [0, 0.1) is 0 Å². The second-order valence-corrected chi connectivity index (χ2v) is 10.7. The van der Waals surface area contributed by atoms with Gasteiger partial charge < -0.3 is 10.1 Å². The molecule has 1 N–H and O–H groups in total.